The van der Waals surface area contributed by atoms with Crippen molar-refractivity contribution < 1.29 is 14.3 Å². The lowest BCUT2D eigenvalue weighted by molar-refractivity contribution is -0.119. The van der Waals surface area contributed by atoms with Crippen molar-refractivity contribution >= 4 is 44.3 Å². The lowest BCUT2D eigenvalue weighted by Crippen LogP contribution is -2.21. The Balaban J connectivity index is 1.68. The van der Waals surface area contributed by atoms with E-state index in [1.165, 1.54) is 11.3 Å². The molecule has 5 nitrogen and oxygen atoms in total. The molecule has 1 N–H and O–H groups in total. The van der Waals surface area contributed by atoms with Crippen molar-refractivity contribution in [1.29, 1.82) is 0 Å². The molecule has 3 rings (SSSR count). The Kier molecular flexibility index (Phi) is 5.80. The number of nitrogens with one attached hydrogen (secondary N) is 1. The Morgan fingerprint density at radius 3 is 2.58 bits per heavy atom. The molecule has 2 aromatic carbocycles. The van der Waals surface area contributed by atoms with Gasteiger partial charge < -0.3 is 4.74 Å². The van der Waals surface area contributed by atoms with E-state index in [-0.39, 0.29) is 6.61 Å². The van der Waals surface area contributed by atoms with Crippen LogP contribution < -0.4 is 5.32 Å². The minimum absolute atomic E-state index is 0.377. The van der Waals surface area contributed by atoms with Crippen molar-refractivity contribution in [3.8, 4) is 11.1 Å². The van der Waals surface area contributed by atoms with Crippen molar-refractivity contribution in [2.45, 2.75) is 6.92 Å². The Bertz CT molecular complexity index is 938. The first-order valence-electron chi connectivity index (χ1n) is 7.77. The molecule has 132 valence electrons. The standard InChI is InChI=1S/C19H15BrN2O3S/c1-12-6-8-13(9-7-12)14-4-2-3-5-15(14)18(24)25-11-17(23)22-19-21-10-16(20)26-19/h2-10H,11H2,1H3,(H,21,22,23). The van der Waals surface area contributed by atoms with Crippen LogP contribution in [-0.4, -0.2) is 23.5 Å². The van der Waals surface area contributed by atoms with Crippen LogP contribution in [0.1, 0.15) is 15.9 Å². The van der Waals surface area contributed by atoms with Gasteiger partial charge in [0.25, 0.3) is 5.91 Å². The molecule has 3 aromatic rings. The maximum atomic E-state index is 12.4. The fourth-order valence-electron chi connectivity index (χ4n) is 2.32. The van der Waals surface area contributed by atoms with Gasteiger partial charge in [0, 0.05) is 0 Å². The van der Waals surface area contributed by atoms with E-state index in [0.29, 0.717) is 10.7 Å². The fourth-order valence-corrected chi connectivity index (χ4v) is 3.45. The van der Waals surface area contributed by atoms with Gasteiger partial charge in [-0.15, -0.1) is 0 Å². The van der Waals surface area contributed by atoms with E-state index in [2.05, 4.69) is 26.2 Å². The van der Waals surface area contributed by atoms with Crippen molar-refractivity contribution in [2.24, 2.45) is 0 Å². The molecule has 0 aliphatic carbocycles. The van der Waals surface area contributed by atoms with Gasteiger partial charge in [0.05, 0.1) is 15.5 Å². The predicted octanol–water partition coefficient (Wildman–Crippen LogP) is 4.68. The number of anilines is 1. The number of rotatable bonds is 5. The highest BCUT2D eigenvalue weighted by atomic mass is 79.9. The average molecular weight is 431 g/mol. The number of halogens is 1. The topological polar surface area (TPSA) is 68.3 Å². The van der Waals surface area contributed by atoms with Crippen LogP contribution in [0, 0.1) is 6.92 Å². The molecule has 1 amide bonds. The van der Waals surface area contributed by atoms with E-state index >= 15 is 0 Å². The van der Waals surface area contributed by atoms with Crippen LogP contribution in [0.4, 0.5) is 5.13 Å². The third-order valence-corrected chi connectivity index (χ3v) is 4.96. The van der Waals surface area contributed by atoms with Crippen LogP contribution in [0.2, 0.25) is 0 Å². The largest absolute Gasteiger partial charge is 0.452 e. The summed E-state index contributed by atoms with van der Waals surface area (Å²) in [6.07, 6.45) is 1.59. The van der Waals surface area contributed by atoms with Crippen molar-refractivity contribution in [3.63, 3.8) is 0 Å². The monoisotopic (exact) mass is 430 g/mol. The summed E-state index contributed by atoms with van der Waals surface area (Å²) in [4.78, 5) is 28.4. The van der Waals surface area contributed by atoms with Gasteiger partial charge in [-0.1, -0.05) is 59.4 Å². The van der Waals surface area contributed by atoms with E-state index in [1.807, 2.05) is 43.3 Å². The minimum atomic E-state index is -0.545. The number of thiazole rings is 1. The number of carbonyl (C=O) groups is 2. The van der Waals surface area contributed by atoms with Gasteiger partial charge in [-0.3, -0.25) is 10.1 Å². The third kappa shape index (κ3) is 4.56. The van der Waals surface area contributed by atoms with E-state index in [0.717, 1.165) is 20.5 Å². The summed E-state index contributed by atoms with van der Waals surface area (Å²) in [5, 5.41) is 3.03. The fraction of sp³-hybridized carbons (Fsp3) is 0.105. The predicted molar refractivity (Wildman–Crippen MR) is 105 cm³/mol. The molecule has 0 aliphatic rings. The second kappa shape index (κ2) is 8.25. The van der Waals surface area contributed by atoms with Crippen LogP contribution in [0.5, 0.6) is 0 Å². The number of aryl methyl sites for hydroxylation is 1. The summed E-state index contributed by atoms with van der Waals surface area (Å²) < 4.78 is 5.97. The van der Waals surface area contributed by atoms with Gasteiger partial charge in [0.2, 0.25) is 0 Å². The van der Waals surface area contributed by atoms with Gasteiger partial charge in [-0.25, -0.2) is 9.78 Å². The highest BCUT2D eigenvalue weighted by Gasteiger charge is 2.15. The van der Waals surface area contributed by atoms with Gasteiger partial charge >= 0.3 is 5.97 Å². The van der Waals surface area contributed by atoms with E-state index in [9.17, 15) is 9.59 Å². The van der Waals surface area contributed by atoms with Crippen molar-refractivity contribution in [2.75, 3.05) is 11.9 Å². The van der Waals surface area contributed by atoms with E-state index < -0.39 is 11.9 Å². The molecule has 26 heavy (non-hydrogen) atoms. The first kappa shape index (κ1) is 18.3. The summed E-state index contributed by atoms with van der Waals surface area (Å²) in [5.74, 6) is -0.982. The maximum Gasteiger partial charge on any atom is 0.339 e. The summed E-state index contributed by atoms with van der Waals surface area (Å²) in [6, 6.07) is 15.0. The normalized spacial score (nSPS) is 10.4. The highest BCUT2D eigenvalue weighted by Crippen LogP contribution is 2.25. The number of hydrogen-bond donors (Lipinski definition) is 1. The molecule has 0 saturated heterocycles. The molecule has 0 saturated carbocycles. The molecular formula is C19H15BrN2O3S. The lowest BCUT2D eigenvalue weighted by Gasteiger charge is -2.10. The number of ether oxygens (including phenoxy) is 1. The highest BCUT2D eigenvalue weighted by molar-refractivity contribution is 9.11. The van der Waals surface area contributed by atoms with Crippen LogP contribution >= 0.6 is 27.3 Å². The molecule has 0 unspecified atom stereocenters. The van der Waals surface area contributed by atoms with Crippen LogP contribution in [-0.2, 0) is 9.53 Å². The number of amides is 1. The Labute approximate surface area is 163 Å². The van der Waals surface area contributed by atoms with E-state index in [4.69, 9.17) is 4.74 Å². The molecule has 7 heteroatoms. The lowest BCUT2D eigenvalue weighted by atomic mass is 9.99. The number of hydrogen-bond acceptors (Lipinski definition) is 5. The Hall–Kier alpha value is -2.51. The smallest absolute Gasteiger partial charge is 0.339 e. The van der Waals surface area contributed by atoms with Gasteiger partial charge in [0.1, 0.15) is 0 Å². The average Bonchev–Trinajstić information content (AvgIpc) is 3.05. The number of esters is 1. The molecular weight excluding hydrogens is 416 g/mol. The number of benzene rings is 2. The zero-order valence-corrected chi connectivity index (χ0v) is 16.3. The zero-order chi connectivity index (χ0) is 18.5. The first-order chi connectivity index (χ1) is 12.5. The van der Waals surface area contributed by atoms with Crippen LogP contribution in [0.25, 0.3) is 11.1 Å². The molecule has 0 spiro atoms. The molecule has 1 heterocycles. The first-order valence-corrected chi connectivity index (χ1v) is 9.38. The summed E-state index contributed by atoms with van der Waals surface area (Å²) in [7, 11) is 0. The zero-order valence-electron chi connectivity index (χ0n) is 13.9. The van der Waals surface area contributed by atoms with E-state index in [1.54, 1.807) is 18.3 Å². The molecule has 1 aromatic heterocycles. The number of aromatic nitrogens is 1. The van der Waals surface area contributed by atoms with Crippen LogP contribution in [0.15, 0.2) is 58.5 Å². The SMILES string of the molecule is Cc1ccc(-c2ccccc2C(=O)OCC(=O)Nc2ncc(Br)s2)cc1. The van der Waals surface area contributed by atoms with Gasteiger partial charge in [-0.05, 0) is 40.0 Å². The molecule has 0 atom stereocenters. The quantitative estimate of drug-likeness (QED) is 0.596. The molecule has 0 aliphatic heterocycles. The molecule has 0 bridgehead atoms. The second-order valence-electron chi connectivity index (χ2n) is 5.51. The summed E-state index contributed by atoms with van der Waals surface area (Å²) in [6.45, 7) is 1.63. The Morgan fingerprint density at radius 2 is 1.88 bits per heavy atom. The summed E-state index contributed by atoms with van der Waals surface area (Å²) >= 11 is 4.55. The molecule has 0 radical (unpaired) electrons. The maximum absolute atomic E-state index is 12.4. The number of carbonyl (C=O) groups excluding carboxylic acids is 2. The summed E-state index contributed by atoms with van der Waals surface area (Å²) in [5.41, 5.74) is 3.24. The van der Waals surface area contributed by atoms with Crippen molar-refractivity contribution in [3.05, 3.63) is 69.6 Å². The van der Waals surface area contributed by atoms with Crippen LogP contribution in [0.3, 0.4) is 0 Å². The number of nitrogens with zero attached hydrogens (tertiary/aromatic N) is 1. The second-order valence-corrected chi connectivity index (χ2v) is 7.92. The van der Waals surface area contributed by atoms with Gasteiger partial charge in [-0.2, -0.15) is 0 Å². The van der Waals surface area contributed by atoms with Gasteiger partial charge in [0.15, 0.2) is 11.7 Å². The minimum Gasteiger partial charge on any atom is -0.452 e. The third-order valence-electron chi connectivity index (χ3n) is 3.57. The van der Waals surface area contributed by atoms with Crippen molar-refractivity contribution in [1.82, 2.24) is 4.98 Å². The Morgan fingerprint density at radius 1 is 1.15 bits per heavy atom. The molecule has 0 fully saturated rings.